The largest absolute Gasteiger partial charge is 0.464 e. The van der Waals surface area contributed by atoms with Crippen LogP contribution in [-0.2, 0) is 10.9 Å². The minimum atomic E-state index is -3.39. The topological polar surface area (TPSA) is 206 Å². The van der Waals surface area contributed by atoms with Gasteiger partial charge < -0.3 is 30.8 Å². The van der Waals surface area contributed by atoms with Crippen LogP contribution in [0.4, 0.5) is 15.8 Å². The van der Waals surface area contributed by atoms with Gasteiger partial charge in [-0.1, -0.05) is 36.5 Å². The Kier molecular flexibility index (Phi) is 8.98. The van der Waals surface area contributed by atoms with Crippen LogP contribution in [-0.4, -0.2) is 36.0 Å². The molecule has 0 radical (unpaired) electrons. The first-order valence-corrected chi connectivity index (χ1v) is 14.3. The quantitative estimate of drug-likeness (QED) is 0.0791. The van der Waals surface area contributed by atoms with Crippen molar-refractivity contribution in [1.82, 2.24) is 14.8 Å². The summed E-state index contributed by atoms with van der Waals surface area (Å²) in [6.07, 6.45) is 2.85. The van der Waals surface area contributed by atoms with Crippen LogP contribution in [0.2, 0.25) is 5.02 Å². The van der Waals surface area contributed by atoms with Gasteiger partial charge in [0.2, 0.25) is 5.91 Å². The van der Waals surface area contributed by atoms with E-state index in [-0.39, 0.29) is 50.0 Å². The smallest absolute Gasteiger partial charge is 0.389 e. The van der Waals surface area contributed by atoms with E-state index in [1.165, 1.54) is 36.9 Å². The van der Waals surface area contributed by atoms with Gasteiger partial charge in [0, 0.05) is 40.9 Å². The number of nitrogens with zero attached hydrogens (tertiary/aromatic N) is 4. The molecule has 5 rings (SSSR count). The molecule has 45 heavy (non-hydrogen) atoms. The molecule has 0 aliphatic carbocycles. The minimum Gasteiger partial charge on any atom is -0.464 e. The number of aliphatic hydroxyl groups is 3. The Labute approximate surface area is 265 Å². The molecule has 0 saturated heterocycles. The molecule has 13 nitrogen and oxygen atoms in total. The monoisotopic (exact) mass is 659 g/mol. The van der Waals surface area contributed by atoms with E-state index in [1.807, 2.05) is 0 Å². The fraction of sp³-hybridized carbons (Fsp3) is 0.241. The normalized spacial score (nSPS) is 17.6. The number of carbonyl (C=O) groups excluding carboxylic acids is 1. The lowest BCUT2D eigenvalue weighted by atomic mass is 9.88. The lowest BCUT2D eigenvalue weighted by molar-refractivity contribution is -0.379. The first-order chi connectivity index (χ1) is 21.3. The van der Waals surface area contributed by atoms with Gasteiger partial charge in [-0.3, -0.25) is 19.6 Å². The molecule has 0 fully saturated rings. The van der Waals surface area contributed by atoms with Crippen molar-refractivity contribution >= 4 is 40.5 Å². The minimum absolute atomic E-state index is 0.0182. The van der Waals surface area contributed by atoms with E-state index in [0.717, 1.165) is 17.3 Å². The highest BCUT2D eigenvalue weighted by Crippen LogP contribution is 2.38. The molecule has 2 bridgehead atoms. The molecule has 8 N–H and O–H groups in total. The molecule has 0 saturated carbocycles. The molecule has 2 atom stereocenters. The number of hydrogen-bond donors (Lipinski definition) is 6. The predicted molar refractivity (Wildman–Crippen MR) is 164 cm³/mol. The van der Waals surface area contributed by atoms with Crippen molar-refractivity contribution in [1.29, 1.82) is 0 Å². The fourth-order valence-corrected chi connectivity index (χ4v) is 5.47. The highest BCUT2D eigenvalue weighted by atomic mass is 35.5. The summed E-state index contributed by atoms with van der Waals surface area (Å²) in [6.45, 7) is 1.72. The number of pyridine rings is 1. The van der Waals surface area contributed by atoms with E-state index in [4.69, 9.17) is 39.2 Å². The number of aromatic nitrogens is 3. The maximum Gasteiger partial charge on any atom is 0.389 e. The van der Waals surface area contributed by atoms with E-state index < -0.39 is 29.2 Å². The molecule has 1 amide bonds. The van der Waals surface area contributed by atoms with Crippen molar-refractivity contribution in [3.05, 3.63) is 92.7 Å². The molecule has 4 aromatic rings. The van der Waals surface area contributed by atoms with Crippen LogP contribution < -0.4 is 27.3 Å². The van der Waals surface area contributed by atoms with E-state index in [0.29, 0.717) is 35.2 Å². The van der Waals surface area contributed by atoms with Crippen LogP contribution >= 0.6 is 23.2 Å². The van der Waals surface area contributed by atoms with Gasteiger partial charge in [0.05, 0.1) is 40.6 Å². The number of rotatable bonds is 5. The zero-order chi connectivity index (χ0) is 32.6. The highest BCUT2D eigenvalue weighted by Gasteiger charge is 2.31. The molecule has 4 heterocycles. The second-order valence-corrected chi connectivity index (χ2v) is 11.3. The fourth-order valence-electron chi connectivity index (χ4n) is 5.21. The lowest BCUT2D eigenvalue weighted by Gasteiger charge is -2.22. The van der Waals surface area contributed by atoms with E-state index in [9.17, 15) is 24.9 Å². The van der Waals surface area contributed by atoms with Crippen molar-refractivity contribution < 1.29 is 28.9 Å². The van der Waals surface area contributed by atoms with Crippen LogP contribution in [0.25, 0.3) is 22.6 Å². The van der Waals surface area contributed by atoms with Crippen molar-refractivity contribution in [2.45, 2.75) is 38.2 Å². The van der Waals surface area contributed by atoms with Crippen LogP contribution in [0.3, 0.4) is 0 Å². The number of nitrogens with two attached hydrogens (primary N) is 2. The molecule has 16 heteroatoms. The molecule has 1 aliphatic heterocycles. The van der Waals surface area contributed by atoms with E-state index in [2.05, 4.69) is 15.4 Å². The van der Waals surface area contributed by atoms with Crippen LogP contribution in [0, 0.1) is 11.7 Å². The molecule has 1 aliphatic rings. The second-order valence-electron chi connectivity index (χ2n) is 10.5. The highest BCUT2D eigenvalue weighted by molar-refractivity contribution is 6.31. The summed E-state index contributed by atoms with van der Waals surface area (Å²) in [5.41, 5.74) is 5.83. The molecule has 3 aromatic heterocycles. The van der Waals surface area contributed by atoms with Crippen LogP contribution in [0.5, 0.6) is 0 Å². The summed E-state index contributed by atoms with van der Waals surface area (Å²) in [5.74, 6) is 3.45. The Morgan fingerprint density at radius 3 is 2.69 bits per heavy atom. The van der Waals surface area contributed by atoms with Gasteiger partial charge in [0.25, 0.3) is 0 Å². The Hall–Kier alpha value is -4.31. The summed E-state index contributed by atoms with van der Waals surface area (Å²) in [4.78, 5) is 31.1. The van der Waals surface area contributed by atoms with Gasteiger partial charge in [-0.05, 0) is 37.1 Å². The number of hydrazine groups is 1. The zero-order valence-corrected chi connectivity index (χ0v) is 25.1. The van der Waals surface area contributed by atoms with Crippen molar-refractivity contribution in [3.63, 3.8) is 0 Å². The zero-order valence-electron chi connectivity index (χ0n) is 23.6. The number of nitrogens with one attached hydrogen (secondary N) is 1. The number of benzene rings is 1. The number of carbonyl (C=O) groups is 1. The first kappa shape index (κ1) is 32.1. The SMILES string of the molecule is CC1CCCC(c2coc(-c3c(N(N)/C=C(\N)Cl)ccc(Cl)c3F)cc2=O)c2cc(ccn2)-c2c(cnn2C(O)(O)O)NC1=O. The number of halogens is 3. The molecule has 1 aromatic carbocycles. The van der Waals surface area contributed by atoms with Crippen LogP contribution in [0.15, 0.2) is 69.6 Å². The summed E-state index contributed by atoms with van der Waals surface area (Å²) in [6, 6.07) is 6.87. The molecule has 2 unspecified atom stereocenters. The van der Waals surface area contributed by atoms with Gasteiger partial charge in [0.1, 0.15) is 16.6 Å². The number of amides is 1. The van der Waals surface area contributed by atoms with Crippen LogP contribution in [0.1, 0.15) is 43.4 Å². The van der Waals surface area contributed by atoms with Gasteiger partial charge in [-0.2, -0.15) is 9.78 Å². The van der Waals surface area contributed by atoms with Crippen molar-refractivity contribution in [3.8, 4) is 22.6 Å². The van der Waals surface area contributed by atoms with E-state index in [1.54, 1.807) is 13.0 Å². The maximum atomic E-state index is 15.3. The molecular weight excluding hydrogens is 632 g/mol. The Balaban J connectivity index is 1.64. The summed E-state index contributed by atoms with van der Waals surface area (Å²) in [5, 5.41) is 37.0. The van der Waals surface area contributed by atoms with Crippen molar-refractivity contribution in [2.24, 2.45) is 17.5 Å². The summed E-state index contributed by atoms with van der Waals surface area (Å²) >= 11 is 11.8. The van der Waals surface area contributed by atoms with Gasteiger partial charge >= 0.3 is 6.10 Å². The maximum absolute atomic E-state index is 15.3. The predicted octanol–water partition coefficient (Wildman–Crippen LogP) is 3.47. The standard InChI is InChI=1S/C29H28Cl2FN7O6/c1-14-3-2-4-16(19-9-15(7-8-35-19)27-20(37-28(14)41)11-36-39(27)29(42,43)44)17-13-45-23(10-22(17)40)25-21(38(34)12-24(31)33)6-5-18(30)26(25)32/h5-14,16,42-44H,2-4,33-34H2,1H3,(H,37,41)/b24-12-. The Morgan fingerprint density at radius 2 is 2.00 bits per heavy atom. The van der Waals surface area contributed by atoms with E-state index >= 15 is 4.39 Å². The molecule has 236 valence electrons. The average molecular weight is 660 g/mol. The average Bonchev–Trinajstić information content (AvgIpc) is 3.40. The third-order valence-electron chi connectivity index (χ3n) is 7.40. The Morgan fingerprint density at radius 1 is 1.24 bits per heavy atom. The Bertz CT molecular complexity index is 1850. The third-order valence-corrected chi connectivity index (χ3v) is 7.78. The number of fused-ring (bicyclic) bond motifs is 4. The number of hydrogen-bond acceptors (Lipinski definition) is 11. The summed E-state index contributed by atoms with van der Waals surface area (Å²) < 4.78 is 21.7. The van der Waals surface area contributed by atoms with Gasteiger partial charge in [-0.25, -0.2) is 10.2 Å². The van der Waals surface area contributed by atoms with Gasteiger partial charge in [0.15, 0.2) is 11.2 Å². The molecular formula is C29H28Cl2FN7O6. The number of anilines is 2. The third kappa shape index (κ3) is 6.56. The molecule has 0 spiro atoms. The van der Waals surface area contributed by atoms with Crippen molar-refractivity contribution in [2.75, 3.05) is 10.3 Å². The first-order valence-electron chi connectivity index (χ1n) is 13.6. The lowest BCUT2D eigenvalue weighted by Crippen LogP contribution is -2.34. The summed E-state index contributed by atoms with van der Waals surface area (Å²) in [7, 11) is 0. The van der Waals surface area contributed by atoms with Gasteiger partial charge in [-0.15, -0.1) is 0 Å². The second kappa shape index (κ2) is 12.6.